The summed E-state index contributed by atoms with van der Waals surface area (Å²) in [7, 11) is 0. The smallest absolute Gasteiger partial charge is 0.242 e. The number of hydrogen-bond donors (Lipinski definition) is 1. The van der Waals surface area contributed by atoms with Crippen molar-refractivity contribution in [2.45, 2.75) is 38.2 Å². The van der Waals surface area contributed by atoms with Gasteiger partial charge in [-0.15, -0.1) is 11.6 Å². The van der Waals surface area contributed by atoms with Crippen molar-refractivity contribution in [3.63, 3.8) is 0 Å². The average Bonchev–Trinajstić information content (AvgIpc) is 3.05. The molecule has 1 aromatic rings. The fourth-order valence-corrected chi connectivity index (χ4v) is 1.39. The minimum atomic E-state index is -0.572. The lowest BCUT2D eigenvalue weighted by Crippen LogP contribution is -2.21. The quantitative estimate of drug-likeness (QED) is 0.840. The molecule has 1 aromatic heterocycles. The first-order chi connectivity index (χ1) is 8.06. The molecule has 1 fully saturated rings. The predicted molar refractivity (Wildman–Crippen MR) is 66.6 cm³/mol. The summed E-state index contributed by atoms with van der Waals surface area (Å²) in [4.78, 5) is 15.7. The van der Waals surface area contributed by atoms with Gasteiger partial charge in [0.15, 0.2) is 5.75 Å². The zero-order chi connectivity index (χ0) is 12.4. The van der Waals surface area contributed by atoms with Gasteiger partial charge < -0.3 is 10.1 Å². The van der Waals surface area contributed by atoms with Crippen molar-refractivity contribution in [3.05, 3.63) is 18.0 Å². The van der Waals surface area contributed by atoms with Gasteiger partial charge in [-0.25, -0.2) is 0 Å². The number of aryl methyl sites for hydroxylation is 1. The number of anilines is 1. The molecule has 1 heterocycles. The molecule has 1 aliphatic carbocycles. The molecule has 1 saturated carbocycles. The summed E-state index contributed by atoms with van der Waals surface area (Å²) in [6.07, 6.45) is 4.03. The summed E-state index contributed by atoms with van der Waals surface area (Å²) in [5.74, 6) is 0.377. The van der Waals surface area contributed by atoms with Crippen LogP contribution in [0.3, 0.4) is 0 Å². The largest absolute Gasteiger partial charge is 0.487 e. The summed E-state index contributed by atoms with van der Waals surface area (Å²) >= 11 is 5.72. The Morgan fingerprint density at radius 3 is 2.94 bits per heavy atom. The average molecular weight is 255 g/mol. The lowest BCUT2D eigenvalue weighted by Gasteiger charge is -2.13. The van der Waals surface area contributed by atoms with Crippen LogP contribution in [0.5, 0.6) is 5.75 Å². The van der Waals surface area contributed by atoms with Crippen LogP contribution in [0.25, 0.3) is 0 Å². The van der Waals surface area contributed by atoms with Crippen LogP contribution in [0.15, 0.2) is 12.3 Å². The van der Waals surface area contributed by atoms with Crippen molar-refractivity contribution in [2.75, 3.05) is 5.32 Å². The van der Waals surface area contributed by atoms with Gasteiger partial charge in [0.25, 0.3) is 0 Å². The molecule has 5 heteroatoms. The van der Waals surface area contributed by atoms with E-state index in [9.17, 15) is 4.79 Å². The van der Waals surface area contributed by atoms with E-state index in [2.05, 4.69) is 10.3 Å². The molecule has 0 aromatic carbocycles. The monoisotopic (exact) mass is 254 g/mol. The van der Waals surface area contributed by atoms with Gasteiger partial charge >= 0.3 is 0 Å². The number of carbonyl (C=O) groups excluding carboxylic acids is 1. The molecule has 0 bridgehead atoms. The number of aromatic nitrogens is 1. The number of nitrogens with zero attached hydrogens (tertiary/aromatic N) is 1. The number of pyridine rings is 1. The first-order valence-electron chi connectivity index (χ1n) is 5.64. The molecule has 0 radical (unpaired) electrons. The van der Waals surface area contributed by atoms with Crippen LogP contribution >= 0.6 is 11.6 Å². The summed E-state index contributed by atoms with van der Waals surface area (Å²) in [5, 5.41) is 2.18. The van der Waals surface area contributed by atoms with Crippen LogP contribution in [0.1, 0.15) is 25.5 Å². The maximum Gasteiger partial charge on any atom is 0.242 e. The third-order valence-electron chi connectivity index (χ3n) is 2.44. The summed E-state index contributed by atoms with van der Waals surface area (Å²) < 4.78 is 5.67. The minimum absolute atomic E-state index is 0.238. The first-order valence-corrected chi connectivity index (χ1v) is 6.08. The molecule has 0 saturated heterocycles. The lowest BCUT2D eigenvalue weighted by atomic mass is 10.3. The summed E-state index contributed by atoms with van der Waals surface area (Å²) in [6, 6.07) is 1.79. The van der Waals surface area contributed by atoms with E-state index in [-0.39, 0.29) is 12.0 Å². The Hall–Kier alpha value is -1.29. The SMILES string of the molecule is Cc1cc(NC(=O)C(C)Cl)c(OC2CC2)cn1. The van der Waals surface area contributed by atoms with Crippen LogP contribution in [0.2, 0.25) is 0 Å². The molecule has 1 amide bonds. The lowest BCUT2D eigenvalue weighted by molar-refractivity contribution is -0.115. The van der Waals surface area contributed by atoms with Gasteiger partial charge in [-0.05, 0) is 32.8 Å². The number of hydrogen-bond acceptors (Lipinski definition) is 3. The van der Waals surface area contributed by atoms with Crippen molar-refractivity contribution in [1.29, 1.82) is 0 Å². The number of nitrogens with one attached hydrogen (secondary N) is 1. The van der Waals surface area contributed by atoms with E-state index in [1.807, 2.05) is 6.92 Å². The Labute approximate surface area is 105 Å². The van der Waals surface area contributed by atoms with Gasteiger partial charge in [-0.3, -0.25) is 9.78 Å². The molecule has 4 nitrogen and oxygen atoms in total. The highest BCUT2D eigenvalue weighted by Gasteiger charge is 2.25. The Bertz CT molecular complexity index is 431. The zero-order valence-corrected chi connectivity index (χ0v) is 10.6. The van der Waals surface area contributed by atoms with Gasteiger partial charge in [0.2, 0.25) is 5.91 Å². The second kappa shape index (κ2) is 4.92. The molecule has 0 aliphatic heterocycles. The molecule has 1 atom stereocenters. The second-order valence-electron chi connectivity index (χ2n) is 4.24. The standard InChI is InChI=1S/C12H15ClN2O2/c1-7-5-10(15-12(16)8(2)13)11(6-14-7)17-9-3-4-9/h5-6,8-9H,3-4H2,1-2H3,(H,14,15,16). The van der Waals surface area contributed by atoms with Crippen molar-refractivity contribution in [2.24, 2.45) is 0 Å². The number of alkyl halides is 1. The van der Waals surface area contributed by atoms with Crippen LogP contribution in [0, 0.1) is 6.92 Å². The third kappa shape index (κ3) is 3.33. The van der Waals surface area contributed by atoms with Crippen LogP contribution in [-0.2, 0) is 4.79 Å². The van der Waals surface area contributed by atoms with Crippen molar-refractivity contribution >= 4 is 23.2 Å². The van der Waals surface area contributed by atoms with Crippen molar-refractivity contribution in [1.82, 2.24) is 4.98 Å². The molecule has 1 N–H and O–H groups in total. The van der Waals surface area contributed by atoms with E-state index in [0.717, 1.165) is 18.5 Å². The molecule has 2 rings (SSSR count). The number of amides is 1. The fraction of sp³-hybridized carbons (Fsp3) is 0.500. The third-order valence-corrected chi connectivity index (χ3v) is 2.64. The van der Waals surface area contributed by atoms with E-state index in [1.165, 1.54) is 0 Å². The van der Waals surface area contributed by atoms with Gasteiger partial charge in [-0.1, -0.05) is 0 Å². The van der Waals surface area contributed by atoms with Gasteiger partial charge in [0, 0.05) is 5.69 Å². The van der Waals surface area contributed by atoms with Crippen molar-refractivity contribution in [3.8, 4) is 5.75 Å². The van der Waals surface area contributed by atoms with E-state index in [1.54, 1.807) is 19.2 Å². The predicted octanol–water partition coefficient (Wildman–Crippen LogP) is 2.50. The molecular formula is C12H15ClN2O2. The van der Waals surface area contributed by atoms with Crippen LogP contribution < -0.4 is 10.1 Å². The van der Waals surface area contributed by atoms with E-state index < -0.39 is 5.38 Å². The Morgan fingerprint density at radius 1 is 1.65 bits per heavy atom. The van der Waals surface area contributed by atoms with Crippen LogP contribution in [0.4, 0.5) is 5.69 Å². The van der Waals surface area contributed by atoms with Gasteiger partial charge in [-0.2, -0.15) is 0 Å². The molecule has 17 heavy (non-hydrogen) atoms. The molecule has 0 spiro atoms. The fourth-order valence-electron chi connectivity index (χ4n) is 1.34. The minimum Gasteiger partial charge on any atom is -0.487 e. The van der Waals surface area contributed by atoms with E-state index in [4.69, 9.17) is 16.3 Å². The van der Waals surface area contributed by atoms with E-state index in [0.29, 0.717) is 11.4 Å². The maximum atomic E-state index is 11.6. The molecule has 1 unspecified atom stereocenters. The number of ether oxygens (including phenoxy) is 1. The maximum absolute atomic E-state index is 11.6. The Balaban J connectivity index is 2.16. The second-order valence-corrected chi connectivity index (χ2v) is 4.90. The number of rotatable bonds is 4. The molecule has 1 aliphatic rings. The van der Waals surface area contributed by atoms with Crippen LogP contribution in [-0.4, -0.2) is 22.4 Å². The number of halogens is 1. The summed E-state index contributed by atoms with van der Waals surface area (Å²) in [5.41, 5.74) is 1.47. The first kappa shape index (κ1) is 12.2. The topological polar surface area (TPSA) is 51.2 Å². The highest BCUT2D eigenvalue weighted by atomic mass is 35.5. The molecular weight excluding hydrogens is 240 g/mol. The Morgan fingerprint density at radius 2 is 2.35 bits per heavy atom. The molecule has 92 valence electrons. The Kier molecular flexibility index (Phi) is 3.52. The normalized spacial score (nSPS) is 16.4. The number of carbonyl (C=O) groups is 1. The van der Waals surface area contributed by atoms with Gasteiger partial charge in [0.05, 0.1) is 18.0 Å². The highest BCUT2D eigenvalue weighted by Crippen LogP contribution is 2.31. The highest BCUT2D eigenvalue weighted by molar-refractivity contribution is 6.32. The van der Waals surface area contributed by atoms with E-state index >= 15 is 0 Å². The summed E-state index contributed by atoms with van der Waals surface area (Å²) in [6.45, 7) is 3.49. The van der Waals surface area contributed by atoms with Crippen molar-refractivity contribution < 1.29 is 9.53 Å². The zero-order valence-electron chi connectivity index (χ0n) is 9.87. The van der Waals surface area contributed by atoms with Gasteiger partial charge in [0.1, 0.15) is 5.38 Å².